The Bertz CT molecular complexity index is 56.0. The van der Waals surface area contributed by atoms with Crippen molar-refractivity contribution in [3.63, 3.8) is 0 Å². The zero-order valence-corrected chi connectivity index (χ0v) is 10.7. The van der Waals surface area contributed by atoms with Gasteiger partial charge in [-0.25, -0.2) is 0 Å². The third-order valence-electron chi connectivity index (χ3n) is 0.923. The van der Waals surface area contributed by atoms with E-state index in [0.29, 0.717) is 17.1 Å². The molecule has 1 fully saturated rings. The van der Waals surface area contributed by atoms with E-state index >= 15 is 0 Å². The van der Waals surface area contributed by atoms with Crippen LogP contribution in [0.15, 0.2) is 0 Å². The van der Waals surface area contributed by atoms with Crippen LogP contribution in [-0.4, -0.2) is 6.04 Å². The topological polar surface area (TPSA) is 23.8 Å². The van der Waals surface area contributed by atoms with Crippen LogP contribution >= 0.6 is 38.7 Å². The second kappa shape index (κ2) is 5.86. The molecule has 2 unspecified atom stereocenters. The fraction of sp³-hybridized carbons (Fsp3) is 0.750. The molecule has 0 aromatic heterocycles. The van der Waals surface area contributed by atoms with E-state index in [4.69, 9.17) is 5.73 Å². The van der Waals surface area contributed by atoms with Crippen LogP contribution in [-0.2, 0) is 11.2 Å². The Morgan fingerprint density at radius 3 is 1.75 bits per heavy atom. The molecule has 0 amide bonds. The minimum atomic E-state index is 0.190. The van der Waals surface area contributed by atoms with Gasteiger partial charge in [-0.15, -0.1) is 0 Å². The summed E-state index contributed by atoms with van der Waals surface area (Å²) in [5, 5.41) is 0. The summed E-state index contributed by atoms with van der Waals surface area (Å²) in [7, 11) is 0. The summed E-state index contributed by atoms with van der Waals surface area (Å²) in [6, 6.07) is 0.190. The van der Waals surface area contributed by atoms with Gasteiger partial charge < -0.3 is 12.7 Å². The number of hydrogen-bond acceptors (Lipinski definition) is 0. The van der Waals surface area contributed by atoms with Gasteiger partial charge in [0.1, 0.15) is 0 Å². The van der Waals surface area contributed by atoms with E-state index in [2.05, 4.69) is 45.6 Å². The second-order valence-corrected chi connectivity index (χ2v) is 18.2. The predicted molar refractivity (Wildman–Crippen MR) is 49.6 cm³/mol. The van der Waals surface area contributed by atoms with Gasteiger partial charge >= 0.3 is 49.9 Å². The number of nitrogens with one attached hydrogen (secondary N) is 1. The fourth-order valence-electron chi connectivity index (χ4n) is 0.248. The fourth-order valence-corrected chi connectivity index (χ4v) is 0.248. The van der Waals surface area contributed by atoms with Crippen molar-refractivity contribution >= 4 is 38.7 Å². The molecule has 0 aromatic carbocycles. The number of rotatable bonds is 0. The van der Waals surface area contributed by atoms with Gasteiger partial charge in [0, 0.05) is 0 Å². The molecule has 4 heteroatoms. The van der Waals surface area contributed by atoms with Crippen LogP contribution in [0, 0.1) is 12.8 Å². The molecule has 52 valence electrons. The Kier molecular flexibility index (Phi) is 7.41. The first kappa shape index (κ1) is 10.1. The molecule has 1 nitrogen and oxygen atoms in total. The third-order valence-corrected chi connectivity index (χ3v) is 0.923. The zero-order valence-electron chi connectivity index (χ0n) is 4.14. The van der Waals surface area contributed by atoms with Gasteiger partial charge in [-0.1, -0.05) is 6.42 Å². The van der Waals surface area contributed by atoms with E-state index in [9.17, 15) is 0 Å². The molecule has 0 saturated heterocycles. The van der Waals surface area contributed by atoms with Crippen molar-refractivity contribution in [3.8, 4) is 0 Å². The summed E-state index contributed by atoms with van der Waals surface area (Å²) in [6.07, 6.45) is 1.03. The molecule has 0 aromatic rings. The van der Waals surface area contributed by atoms with Crippen LogP contribution in [0.4, 0.5) is 0 Å². The van der Waals surface area contributed by atoms with Crippen molar-refractivity contribution in [2.24, 2.45) is 5.92 Å². The molecular weight excluding hydrogens is 511 g/mol. The Balaban J connectivity index is 0.000000145. The van der Waals surface area contributed by atoms with Crippen LogP contribution in [0.3, 0.4) is 0 Å². The third kappa shape index (κ3) is 6.23. The van der Waals surface area contributed by atoms with Crippen LogP contribution in [0.25, 0.3) is 5.73 Å². The SMILES string of the molecule is [CH2-]C1CC1[NH-].[I][Pt+2][I]. The van der Waals surface area contributed by atoms with Gasteiger partial charge in [0.2, 0.25) is 0 Å². The van der Waals surface area contributed by atoms with Crippen LogP contribution in [0.2, 0.25) is 0 Å². The summed E-state index contributed by atoms with van der Waals surface area (Å²) in [4.78, 5) is 0. The van der Waals surface area contributed by atoms with Crippen molar-refractivity contribution in [1.29, 1.82) is 0 Å². The van der Waals surface area contributed by atoms with Crippen molar-refractivity contribution in [2.75, 3.05) is 0 Å². The van der Waals surface area contributed by atoms with Gasteiger partial charge in [-0.2, -0.15) is 12.0 Å². The van der Waals surface area contributed by atoms with E-state index in [1.165, 1.54) is 0 Å². The van der Waals surface area contributed by atoms with Crippen molar-refractivity contribution in [3.05, 3.63) is 12.7 Å². The molecule has 1 saturated carbocycles. The van der Waals surface area contributed by atoms with Crippen molar-refractivity contribution in [1.82, 2.24) is 0 Å². The molecule has 0 aliphatic heterocycles. The molecule has 1 rings (SSSR count). The molecule has 0 radical (unpaired) electrons. The Morgan fingerprint density at radius 1 is 1.62 bits per heavy atom. The predicted octanol–water partition coefficient (Wildman–Crippen LogP) is 3.03. The summed E-state index contributed by atoms with van der Waals surface area (Å²) in [5.74, 6) is 0.468. The molecule has 0 heterocycles. The summed E-state index contributed by atoms with van der Waals surface area (Å²) < 4.78 is 0. The van der Waals surface area contributed by atoms with Crippen LogP contribution in [0.5, 0.6) is 0 Å². The quantitative estimate of drug-likeness (QED) is 0.348. The maximum absolute atomic E-state index is 6.84. The van der Waals surface area contributed by atoms with Crippen molar-refractivity contribution in [2.45, 2.75) is 12.5 Å². The molecule has 8 heavy (non-hydrogen) atoms. The van der Waals surface area contributed by atoms with E-state index in [0.717, 1.165) is 6.42 Å². The summed E-state index contributed by atoms with van der Waals surface area (Å²) >= 11 is 5.30. The van der Waals surface area contributed by atoms with Gasteiger partial charge in [-0.3, -0.25) is 0 Å². The Morgan fingerprint density at radius 2 is 1.75 bits per heavy atom. The maximum atomic E-state index is 6.84. The van der Waals surface area contributed by atoms with E-state index in [1.807, 2.05) is 0 Å². The van der Waals surface area contributed by atoms with E-state index in [1.54, 1.807) is 0 Å². The average molecular weight is 518 g/mol. The zero-order chi connectivity index (χ0) is 6.57. The standard InChI is InChI=1S/C4H7N.2HI.Pt/c1-3-2-4(3)5;;;/h3-5H,1-2H2;2*1H;/q-2;;;+4/p-2. The first-order chi connectivity index (χ1) is 3.72. The first-order valence-corrected chi connectivity index (χ1v) is 15.0. The molecule has 0 spiro atoms. The van der Waals surface area contributed by atoms with Gasteiger partial charge in [-0.05, 0) is 0 Å². The number of halogens is 2. The van der Waals surface area contributed by atoms with Gasteiger partial charge in [0.15, 0.2) is 0 Å². The van der Waals surface area contributed by atoms with Gasteiger partial charge in [0.25, 0.3) is 0 Å². The molecule has 2 atom stereocenters. The normalized spacial score (nSPS) is 33.5. The van der Waals surface area contributed by atoms with Crippen LogP contribution in [0.1, 0.15) is 6.42 Å². The second-order valence-electron chi connectivity index (χ2n) is 1.65. The summed E-state index contributed by atoms with van der Waals surface area (Å²) in [5.41, 5.74) is 6.84. The number of hydrogen-bond donors (Lipinski definition) is 0. The molecule has 1 N–H and O–H groups in total. The minimum absolute atomic E-state index is 0.190. The van der Waals surface area contributed by atoms with Crippen LogP contribution < -0.4 is 0 Å². The molecule has 1 aliphatic rings. The Hall–Kier alpha value is 2.11. The van der Waals surface area contributed by atoms with Gasteiger partial charge in [0.05, 0.1) is 0 Å². The molecular formula is C4H7I2NPt. The molecule has 0 bridgehead atoms. The van der Waals surface area contributed by atoms with Crippen molar-refractivity contribution < 1.29 is 11.2 Å². The average Bonchev–Trinajstić information content (AvgIpc) is 2.22. The summed E-state index contributed by atoms with van der Waals surface area (Å²) in [6.45, 7) is 3.64. The van der Waals surface area contributed by atoms with E-state index < -0.39 is 0 Å². The Labute approximate surface area is 79.7 Å². The first-order valence-electron chi connectivity index (χ1n) is 2.09. The molecule has 1 aliphatic carbocycles. The van der Waals surface area contributed by atoms with E-state index in [-0.39, 0.29) is 6.04 Å². The monoisotopic (exact) mass is 518 g/mol.